The quantitative estimate of drug-likeness (QED) is 0.185. The van der Waals surface area contributed by atoms with Crippen molar-refractivity contribution < 1.29 is 24.5 Å². The Morgan fingerprint density at radius 2 is 1.70 bits per heavy atom. The second kappa shape index (κ2) is 15.8. The molecule has 54 heavy (non-hydrogen) atoms. The predicted molar refractivity (Wildman–Crippen MR) is 216 cm³/mol. The molecule has 7 aliphatic rings. The number of carbonyl (C=O) groups is 2. The van der Waals surface area contributed by atoms with Gasteiger partial charge in [-0.1, -0.05) is 63.8 Å². The van der Waals surface area contributed by atoms with Gasteiger partial charge in [-0.3, -0.25) is 4.79 Å². The number of aliphatic hydroxyl groups excluding tert-OH is 1. The lowest BCUT2D eigenvalue weighted by Gasteiger charge is -2.60. The summed E-state index contributed by atoms with van der Waals surface area (Å²) in [5.41, 5.74) is 3.33. The fourth-order valence-corrected chi connectivity index (χ4v) is 11.7. The number of hydrogen-bond donors (Lipinski definition) is 3. The number of amides is 2. The van der Waals surface area contributed by atoms with Gasteiger partial charge in [0, 0.05) is 29.1 Å². The minimum Gasteiger partial charge on any atom is -0.497 e. The van der Waals surface area contributed by atoms with Crippen molar-refractivity contribution in [3.63, 3.8) is 0 Å². The molecule has 0 radical (unpaired) electrons. The molecule has 2 aromatic carbocycles. The normalized spacial score (nSPS) is 32.4. The number of ether oxygens (including phenoxy) is 1. The van der Waals surface area contributed by atoms with Crippen LogP contribution in [-0.2, 0) is 6.42 Å². The molecular weight excluding hydrogens is 673 g/mol. The summed E-state index contributed by atoms with van der Waals surface area (Å²) in [4.78, 5) is 30.9. The number of Topliss-reactive ketones (excluding diaryl/α,β-unsaturated/α-hetero) is 1. The molecule has 7 heteroatoms. The summed E-state index contributed by atoms with van der Waals surface area (Å²) in [6.45, 7) is 10.1. The number of benzene rings is 2. The topological polar surface area (TPSA) is 99.1 Å². The van der Waals surface area contributed by atoms with Gasteiger partial charge in [0.1, 0.15) is 5.75 Å². The fourth-order valence-electron chi connectivity index (χ4n) is 11.7. The summed E-state index contributed by atoms with van der Waals surface area (Å²) in [5.74, 6) is 2.67. The average molecular weight is 739 g/mol. The number of methoxy groups -OCH3 is 1. The van der Waals surface area contributed by atoms with E-state index in [1.165, 1.54) is 24.8 Å². The summed E-state index contributed by atoms with van der Waals surface area (Å²) in [7, 11) is 1.64. The predicted octanol–water partition coefficient (Wildman–Crippen LogP) is 10.1. The Morgan fingerprint density at radius 3 is 2.41 bits per heavy atom. The van der Waals surface area contributed by atoms with E-state index in [0.717, 1.165) is 86.1 Å². The summed E-state index contributed by atoms with van der Waals surface area (Å²) < 4.78 is 5.37. The third-order valence-corrected chi connectivity index (χ3v) is 15.5. The van der Waals surface area contributed by atoms with Crippen LogP contribution in [0.3, 0.4) is 0 Å². The number of aliphatic hydroxyl groups is 2. The number of urea groups is 1. The van der Waals surface area contributed by atoms with Crippen LogP contribution in [0.2, 0.25) is 0 Å². The Hall–Kier alpha value is -3.16. The van der Waals surface area contributed by atoms with E-state index in [0.29, 0.717) is 43.3 Å². The van der Waals surface area contributed by atoms with Gasteiger partial charge in [-0.15, -0.1) is 0 Å². The molecule has 5 saturated carbocycles. The Labute approximate surface area is 324 Å². The average Bonchev–Trinajstić information content (AvgIpc) is 3.42. The van der Waals surface area contributed by atoms with Crippen molar-refractivity contribution in [3.8, 4) is 5.75 Å². The highest BCUT2D eigenvalue weighted by atomic mass is 16.5. The molecule has 0 heterocycles. The van der Waals surface area contributed by atoms with Gasteiger partial charge in [-0.25, -0.2) is 4.79 Å². The van der Waals surface area contributed by atoms with Crippen molar-refractivity contribution in [2.24, 2.45) is 34.5 Å². The van der Waals surface area contributed by atoms with Crippen molar-refractivity contribution in [1.82, 2.24) is 4.90 Å². The van der Waals surface area contributed by atoms with Crippen molar-refractivity contribution in [1.29, 1.82) is 0 Å². The maximum Gasteiger partial charge on any atom is 0.321 e. The minimum atomic E-state index is -1.17. The lowest BCUT2D eigenvalue weighted by atomic mass is 9.45. The molecule has 5 fully saturated rings. The van der Waals surface area contributed by atoms with Crippen LogP contribution in [0.4, 0.5) is 10.5 Å². The number of ketones is 1. The fraction of sp³-hybridized carbons (Fsp3) is 0.660. The zero-order valence-electron chi connectivity index (χ0n) is 33.7. The zero-order chi connectivity index (χ0) is 38.3. The van der Waals surface area contributed by atoms with Crippen LogP contribution in [0.15, 0.2) is 54.1 Å². The first kappa shape index (κ1) is 39.1. The van der Waals surface area contributed by atoms with E-state index >= 15 is 0 Å². The number of rotatable bonds is 8. The third kappa shape index (κ3) is 7.65. The Morgan fingerprint density at radius 1 is 0.944 bits per heavy atom. The van der Waals surface area contributed by atoms with Gasteiger partial charge in [0.25, 0.3) is 0 Å². The lowest BCUT2D eigenvalue weighted by Crippen LogP contribution is -2.58. The van der Waals surface area contributed by atoms with E-state index in [1.807, 2.05) is 29.2 Å². The number of nitrogens with one attached hydrogen (secondary N) is 1. The molecule has 7 nitrogen and oxygen atoms in total. The first-order valence-electron chi connectivity index (χ1n) is 21.2. The monoisotopic (exact) mass is 738 g/mol. The maximum atomic E-state index is 14.5. The number of anilines is 1. The maximum absolute atomic E-state index is 14.5. The van der Waals surface area contributed by atoms with Crippen molar-refractivity contribution >= 4 is 17.5 Å². The molecule has 2 aromatic rings. The number of allylic oxidation sites excluding steroid dienone is 2. The largest absolute Gasteiger partial charge is 0.497 e. The first-order valence-corrected chi connectivity index (χ1v) is 21.2. The highest BCUT2D eigenvalue weighted by Gasteiger charge is 2.59. The van der Waals surface area contributed by atoms with Crippen LogP contribution < -0.4 is 10.1 Å². The molecule has 0 saturated heterocycles. The Balaban J connectivity index is 1.25. The van der Waals surface area contributed by atoms with Crippen LogP contribution in [-0.4, -0.2) is 58.8 Å². The van der Waals surface area contributed by atoms with Gasteiger partial charge in [-0.05, 0) is 155 Å². The molecule has 0 spiro atoms. The molecule has 7 atom stereocenters. The van der Waals surface area contributed by atoms with Crippen LogP contribution in [0, 0.1) is 34.5 Å². The second-order valence-corrected chi connectivity index (χ2v) is 18.9. The van der Waals surface area contributed by atoms with Gasteiger partial charge in [0.05, 0.1) is 25.4 Å². The highest BCUT2D eigenvalue weighted by molar-refractivity contribution is 5.99. The van der Waals surface area contributed by atoms with Crippen molar-refractivity contribution in [2.45, 2.75) is 142 Å². The lowest BCUT2D eigenvalue weighted by molar-refractivity contribution is -0.117. The molecule has 4 bridgehead atoms. The van der Waals surface area contributed by atoms with Gasteiger partial charge in [0.15, 0.2) is 5.78 Å². The standard InChI is InChI=1S/C47H66N2O5/c1-31-10-9-24-46(4)41(39-22-14-32(26-37(50)19-13-31)27-40(39)43(51)33-11-7-6-8-12-33)23-25-47(46,53)30-49(29-34-15-16-35-28-42(34)45(35,2)3)44(52)48-36-17-20-38(54-5)21-18-36/h10,14,17-18,20-22,27,33-35,37,41-42,50,53H,6-9,11-13,15-16,19,23-26,28-30H2,1-5H3,(H,48,52)/t34-,35-,37-,41-,42-,46-,47+/m0/s1. The molecule has 9 rings (SSSR count). The second-order valence-electron chi connectivity index (χ2n) is 18.9. The van der Waals surface area contributed by atoms with Crippen molar-refractivity contribution in [3.05, 3.63) is 70.8 Å². The van der Waals surface area contributed by atoms with Crippen LogP contribution >= 0.6 is 0 Å². The van der Waals surface area contributed by atoms with E-state index in [1.54, 1.807) is 7.11 Å². The smallest absolute Gasteiger partial charge is 0.321 e. The summed E-state index contributed by atoms with van der Waals surface area (Å²) in [6, 6.07) is 13.7. The van der Waals surface area contributed by atoms with E-state index in [4.69, 9.17) is 4.74 Å². The minimum absolute atomic E-state index is 0.0247. The van der Waals surface area contributed by atoms with Gasteiger partial charge in [-0.2, -0.15) is 0 Å². The van der Waals surface area contributed by atoms with E-state index in [2.05, 4.69) is 57.3 Å². The van der Waals surface area contributed by atoms with Gasteiger partial charge in [0.2, 0.25) is 0 Å². The molecule has 0 aliphatic heterocycles. The molecule has 3 N–H and O–H groups in total. The zero-order valence-corrected chi connectivity index (χ0v) is 33.7. The number of nitrogens with zero attached hydrogens (tertiary/aromatic N) is 1. The summed E-state index contributed by atoms with van der Waals surface area (Å²) >= 11 is 0. The van der Waals surface area contributed by atoms with Crippen LogP contribution in [0.5, 0.6) is 5.75 Å². The van der Waals surface area contributed by atoms with Crippen LogP contribution in [0.1, 0.15) is 145 Å². The van der Waals surface area contributed by atoms with E-state index < -0.39 is 17.1 Å². The Bertz CT molecular complexity index is 1690. The summed E-state index contributed by atoms with van der Waals surface area (Å²) in [6.07, 6.45) is 15.4. The first-order chi connectivity index (χ1) is 25.8. The highest BCUT2D eigenvalue weighted by Crippen LogP contribution is 2.62. The number of hydrogen-bond acceptors (Lipinski definition) is 5. The molecule has 294 valence electrons. The third-order valence-electron chi connectivity index (χ3n) is 15.5. The van der Waals surface area contributed by atoms with Gasteiger partial charge >= 0.3 is 6.03 Å². The number of fused-ring (bicyclic) bond motifs is 10. The summed E-state index contributed by atoms with van der Waals surface area (Å²) in [5, 5.41) is 27.5. The van der Waals surface area contributed by atoms with E-state index in [-0.39, 0.29) is 35.6 Å². The molecule has 0 unspecified atom stereocenters. The molecular formula is C47H66N2O5. The van der Waals surface area contributed by atoms with Gasteiger partial charge < -0.3 is 25.2 Å². The Kier molecular flexibility index (Phi) is 11.4. The molecule has 7 aliphatic carbocycles. The van der Waals surface area contributed by atoms with E-state index in [9.17, 15) is 19.8 Å². The number of carbonyl (C=O) groups excluding carboxylic acids is 2. The molecule has 0 aromatic heterocycles. The molecule has 2 amide bonds. The SMILES string of the molecule is COc1ccc(NC(=O)N(C[C@@H]2CC[C@H]3C[C@@H]2C3(C)C)C[C@]2(O)CC[C@H]3c4ccc(cc4C(=O)C4CCCCC4)C[C@@H](O)CCC(C)=CCC[C@@]32C)cc1. The van der Waals surface area contributed by atoms with Crippen LogP contribution in [0.25, 0.3) is 0 Å². The van der Waals surface area contributed by atoms with Crippen molar-refractivity contribution in [2.75, 3.05) is 25.5 Å².